The maximum Gasteiger partial charge on any atom is 0.155 e. The molecular weight excluding hydrogens is 310 g/mol. The predicted octanol–water partition coefficient (Wildman–Crippen LogP) is 2.79. The molecule has 6 heteroatoms. The van der Waals surface area contributed by atoms with Crippen molar-refractivity contribution in [3.8, 4) is 5.75 Å². The number of sulfone groups is 1. The minimum absolute atomic E-state index is 0.00534. The van der Waals surface area contributed by atoms with E-state index in [0.717, 1.165) is 5.56 Å². The van der Waals surface area contributed by atoms with Gasteiger partial charge in [0.1, 0.15) is 12.4 Å². The quantitative estimate of drug-likeness (QED) is 0.796. The van der Waals surface area contributed by atoms with E-state index in [1.54, 1.807) is 19.9 Å². The van der Waals surface area contributed by atoms with Gasteiger partial charge in [-0.2, -0.15) is 0 Å². The van der Waals surface area contributed by atoms with Gasteiger partial charge in [0, 0.05) is 18.2 Å². The highest BCUT2D eigenvalue weighted by Gasteiger charge is 2.21. The molecule has 1 aromatic rings. The van der Waals surface area contributed by atoms with Gasteiger partial charge >= 0.3 is 0 Å². The summed E-state index contributed by atoms with van der Waals surface area (Å²) in [6.45, 7) is 4.17. The molecule has 0 amide bonds. The van der Waals surface area contributed by atoms with E-state index >= 15 is 0 Å². The average Bonchev–Trinajstić information content (AvgIpc) is 3.22. The van der Waals surface area contributed by atoms with Crippen LogP contribution in [0.2, 0.25) is 5.02 Å². The summed E-state index contributed by atoms with van der Waals surface area (Å²) in [5.74, 6) is 0.594. The van der Waals surface area contributed by atoms with Crippen LogP contribution < -0.4 is 10.1 Å². The summed E-state index contributed by atoms with van der Waals surface area (Å²) in [5.41, 5.74) is 0.969. The first kappa shape index (κ1) is 16.6. The molecule has 21 heavy (non-hydrogen) atoms. The van der Waals surface area contributed by atoms with Gasteiger partial charge in [0.25, 0.3) is 0 Å². The fourth-order valence-corrected chi connectivity index (χ4v) is 2.93. The Hall–Kier alpha value is -0.780. The van der Waals surface area contributed by atoms with Crippen molar-refractivity contribution < 1.29 is 13.2 Å². The molecule has 4 nitrogen and oxygen atoms in total. The van der Waals surface area contributed by atoms with Gasteiger partial charge in [-0.05, 0) is 32.8 Å². The van der Waals surface area contributed by atoms with Crippen molar-refractivity contribution in [2.75, 3.05) is 12.4 Å². The molecule has 0 aromatic heterocycles. The molecule has 0 heterocycles. The van der Waals surface area contributed by atoms with Crippen molar-refractivity contribution >= 4 is 21.4 Å². The Labute approximate surface area is 131 Å². The Bertz CT molecular complexity index is 583. The third-order valence-corrected chi connectivity index (χ3v) is 6.01. The molecule has 1 saturated carbocycles. The number of benzene rings is 1. The first-order chi connectivity index (χ1) is 9.90. The summed E-state index contributed by atoms with van der Waals surface area (Å²) < 4.78 is 29.2. The van der Waals surface area contributed by atoms with Crippen molar-refractivity contribution in [2.45, 2.75) is 44.5 Å². The number of rotatable bonds is 8. The zero-order valence-corrected chi connectivity index (χ0v) is 14.0. The van der Waals surface area contributed by atoms with Gasteiger partial charge in [-0.25, -0.2) is 8.42 Å². The fourth-order valence-electron chi connectivity index (χ4n) is 1.89. The third kappa shape index (κ3) is 4.87. The van der Waals surface area contributed by atoms with E-state index in [9.17, 15) is 8.42 Å². The number of nitrogens with one attached hydrogen (secondary N) is 1. The van der Waals surface area contributed by atoms with Crippen LogP contribution in [0.4, 0.5) is 0 Å². The summed E-state index contributed by atoms with van der Waals surface area (Å²) in [5, 5.41) is 3.54. The van der Waals surface area contributed by atoms with E-state index in [2.05, 4.69) is 5.32 Å². The smallest absolute Gasteiger partial charge is 0.155 e. The predicted molar refractivity (Wildman–Crippen MR) is 85.7 cm³/mol. The van der Waals surface area contributed by atoms with Crippen LogP contribution in [-0.4, -0.2) is 32.1 Å². The molecule has 0 atom stereocenters. The summed E-state index contributed by atoms with van der Waals surface area (Å²) in [7, 11) is -3.09. The van der Waals surface area contributed by atoms with E-state index in [1.165, 1.54) is 12.8 Å². The van der Waals surface area contributed by atoms with Crippen molar-refractivity contribution in [3.63, 3.8) is 0 Å². The van der Waals surface area contributed by atoms with Crippen LogP contribution in [0.15, 0.2) is 18.2 Å². The minimum atomic E-state index is -3.09. The molecule has 1 N–H and O–H groups in total. The number of para-hydroxylation sites is 1. The second-order valence-electron chi connectivity index (χ2n) is 5.65. The largest absolute Gasteiger partial charge is 0.491 e. The van der Waals surface area contributed by atoms with Crippen molar-refractivity contribution in [1.29, 1.82) is 0 Å². The summed E-state index contributed by atoms with van der Waals surface area (Å²) >= 11 is 6.17. The SMILES string of the molecule is CC(C)S(=O)(=O)CCOc1c(Cl)cccc1CNC1CC1. The van der Waals surface area contributed by atoms with Gasteiger partial charge in [-0.15, -0.1) is 0 Å². The van der Waals surface area contributed by atoms with Crippen LogP contribution in [0.3, 0.4) is 0 Å². The molecule has 0 aliphatic heterocycles. The van der Waals surface area contributed by atoms with Gasteiger partial charge in [-0.3, -0.25) is 0 Å². The summed E-state index contributed by atoms with van der Waals surface area (Å²) in [6, 6.07) is 6.18. The third-order valence-electron chi connectivity index (χ3n) is 3.54. The zero-order valence-electron chi connectivity index (χ0n) is 12.4. The number of ether oxygens (including phenoxy) is 1. The average molecular weight is 332 g/mol. The normalized spacial score (nSPS) is 15.4. The van der Waals surface area contributed by atoms with Crippen LogP contribution in [0.5, 0.6) is 5.75 Å². The van der Waals surface area contributed by atoms with Crippen molar-refractivity contribution in [2.24, 2.45) is 0 Å². The van der Waals surface area contributed by atoms with Crippen molar-refractivity contribution in [3.05, 3.63) is 28.8 Å². The van der Waals surface area contributed by atoms with Gasteiger partial charge in [-0.1, -0.05) is 23.7 Å². The Kier molecular flexibility index (Phi) is 5.52. The lowest BCUT2D eigenvalue weighted by Crippen LogP contribution is -2.22. The van der Waals surface area contributed by atoms with Crippen LogP contribution in [0.1, 0.15) is 32.3 Å². The summed E-state index contributed by atoms with van der Waals surface area (Å²) in [4.78, 5) is 0. The molecule has 0 spiro atoms. The van der Waals surface area contributed by atoms with E-state index < -0.39 is 9.84 Å². The first-order valence-electron chi connectivity index (χ1n) is 7.25. The molecule has 1 aliphatic rings. The fraction of sp³-hybridized carbons (Fsp3) is 0.600. The van der Waals surface area contributed by atoms with Gasteiger partial charge in [0.15, 0.2) is 9.84 Å². The van der Waals surface area contributed by atoms with E-state index in [0.29, 0.717) is 23.4 Å². The highest BCUT2D eigenvalue weighted by molar-refractivity contribution is 7.91. The standard InChI is InChI=1S/C15H22ClNO3S/c1-11(2)21(18,19)9-8-20-15-12(4-3-5-14(15)16)10-17-13-6-7-13/h3-5,11,13,17H,6-10H2,1-2H3. The molecule has 1 fully saturated rings. The second-order valence-corrected chi connectivity index (χ2v) is 8.73. The molecule has 118 valence electrons. The molecular formula is C15H22ClNO3S. The van der Waals surface area contributed by atoms with Crippen LogP contribution >= 0.6 is 11.6 Å². The number of hydrogen-bond acceptors (Lipinski definition) is 4. The first-order valence-corrected chi connectivity index (χ1v) is 9.34. The Morgan fingerprint density at radius 3 is 2.71 bits per heavy atom. The van der Waals surface area contributed by atoms with Gasteiger partial charge in [0.05, 0.1) is 16.0 Å². The topological polar surface area (TPSA) is 55.4 Å². The lowest BCUT2D eigenvalue weighted by Gasteiger charge is -2.14. The molecule has 0 saturated heterocycles. The number of hydrogen-bond donors (Lipinski definition) is 1. The van der Waals surface area contributed by atoms with Crippen LogP contribution in [-0.2, 0) is 16.4 Å². The van der Waals surface area contributed by atoms with E-state index in [-0.39, 0.29) is 17.6 Å². The summed E-state index contributed by atoms with van der Waals surface area (Å²) in [6.07, 6.45) is 2.42. The zero-order chi connectivity index (χ0) is 15.5. The highest BCUT2D eigenvalue weighted by Crippen LogP contribution is 2.29. The molecule has 0 unspecified atom stereocenters. The molecule has 1 aromatic carbocycles. The van der Waals surface area contributed by atoms with Crippen molar-refractivity contribution in [1.82, 2.24) is 5.32 Å². The van der Waals surface area contributed by atoms with Crippen LogP contribution in [0.25, 0.3) is 0 Å². The minimum Gasteiger partial charge on any atom is -0.491 e. The second kappa shape index (κ2) is 6.99. The Balaban J connectivity index is 1.97. The Morgan fingerprint density at radius 2 is 2.10 bits per heavy atom. The lowest BCUT2D eigenvalue weighted by atomic mass is 10.2. The highest BCUT2D eigenvalue weighted by atomic mass is 35.5. The van der Waals surface area contributed by atoms with E-state index in [4.69, 9.17) is 16.3 Å². The number of halogens is 1. The monoisotopic (exact) mass is 331 g/mol. The van der Waals surface area contributed by atoms with E-state index in [1.807, 2.05) is 12.1 Å². The maximum absolute atomic E-state index is 11.8. The molecule has 0 radical (unpaired) electrons. The lowest BCUT2D eigenvalue weighted by molar-refractivity contribution is 0.336. The van der Waals surface area contributed by atoms with Gasteiger partial charge in [0.2, 0.25) is 0 Å². The van der Waals surface area contributed by atoms with Crippen LogP contribution in [0, 0.1) is 0 Å². The Morgan fingerprint density at radius 1 is 1.38 bits per heavy atom. The molecule has 1 aliphatic carbocycles. The molecule has 2 rings (SSSR count). The maximum atomic E-state index is 11.8. The molecule has 0 bridgehead atoms. The van der Waals surface area contributed by atoms with Gasteiger partial charge < -0.3 is 10.1 Å².